The molecule has 0 amide bonds. The van der Waals surface area contributed by atoms with Gasteiger partial charge in [-0.3, -0.25) is 0 Å². The van der Waals surface area contributed by atoms with Crippen molar-refractivity contribution in [2.75, 3.05) is 19.0 Å². The summed E-state index contributed by atoms with van der Waals surface area (Å²) in [6.45, 7) is 1.19. The summed E-state index contributed by atoms with van der Waals surface area (Å²) in [5, 5.41) is 8.47. The average molecular weight is 330 g/mol. The van der Waals surface area contributed by atoms with E-state index < -0.39 is 0 Å². The number of benzene rings is 1. The molecule has 0 aliphatic carbocycles. The summed E-state index contributed by atoms with van der Waals surface area (Å²) in [6.07, 6.45) is 0. The Bertz CT molecular complexity index is 519. The van der Waals surface area contributed by atoms with Crippen LogP contribution in [0.25, 0.3) is 0 Å². The summed E-state index contributed by atoms with van der Waals surface area (Å²) in [5.74, 6) is 2.28. The fourth-order valence-electron chi connectivity index (χ4n) is 1.67. The minimum Gasteiger partial charge on any atom is -0.486 e. The molecule has 18 heavy (non-hydrogen) atoms. The third-order valence-corrected chi connectivity index (χ3v) is 3.30. The molecule has 96 valence electrons. The molecule has 0 bridgehead atoms. The monoisotopic (exact) mass is 329 g/mol. The second-order valence-electron chi connectivity index (χ2n) is 3.63. The zero-order valence-corrected chi connectivity index (χ0v) is 12.0. The standard InChI is InChI=1S/C11H11N3O2S.BrH/c12-11-14-13-8(6-17-11)7-1-2-9-10(5-7)16-4-3-15-9;/h1-2,5H,3-4,6H2,(H2,12,14);1H. The molecule has 2 aliphatic rings. The number of hydrogen-bond donors (Lipinski definition) is 1. The molecule has 2 aliphatic heterocycles. The van der Waals surface area contributed by atoms with Crippen LogP contribution < -0.4 is 15.2 Å². The fourth-order valence-corrected chi connectivity index (χ4v) is 2.28. The van der Waals surface area contributed by atoms with Gasteiger partial charge in [0.1, 0.15) is 13.2 Å². The van der Waals surface area contributed by atoms with E-state index >= 15 is 0 Å². The number of nitrogens with zero attached hydrogens (tertiary/aromatic N) is 2. The number of fused-ring (bicyclic) bond motifs is 1. The van der Waals surface area contributed by atoms with Gasteiger partial charge < -0.3 is 15.2 Å². The van der Waals surface area contributed by atoms with Gasteiger partial charge in [-0.2, -0.15) is 5.10 Å². The van der Waals surface area contributed by atoms with E-state index in [1.165, 1.54) is 11.8 Å². The highest BCUT2D eigenvalue weighted by Gasteiger charge is 2.15. The van der Waals surface area contributed by atoms with E-state index in [1.807, 2.05) is 18.2 Å². The first kappa shape index (κ1) is 13.2. The SMILES string of the molecule is Br.NC1=NN=C(c2ccc3c(c2)OCCO3)CS1. The summed E-state index contributed by atoms with van der Waals surface area (Å²) in [6, 6.07) is 5.80. The maximum atomic E-state index is 5.55. The first-order valence-corrected chi connectivity index (χ1v) is 6.24. The first-order valence-electron chi connectivity index (χ1n) is 5.26. The number of nitrogens with two attached hydrogens (primary N) is 1. The molecule has 2 N–H and O–H groups in total. The van der Waals surface area contributed by atoms with E-state index in [9.17, 15) is 0 Å². The van der Waals surface area contributed by atoms with E-state index in [1.54, 1.807) is 0 Å². The highest BCUT2D eigenvalue weighted by Crippen LogP contribution is 2.31. The van der Waals surface area contributed by atoms with Crippen molar-refractivity contribution in [3.05, 3.63) is 23.8 Å². The third kappa shape index (κ3) is 2.62. The molecule has 0 unspecified atom stereocenters. The van der Waals surface area contributed by atoms with Crippen molar-refractivity contribution in [3.63, 3.8) is 0 Å². The topological polar surface area (TPSA) is 69.2 Å². The average Bonchev–Trinajstić information content (AvgIpc) is 2.39. The van der Waals surface area contributed by atoms with Gasteiger partial charge in [-0.15, -0.1) is 22.1 Å². The lowest BCUT2D eigenvalue weighted by Gasteiger charge is -2.19. The van der Waals surface area contributed by atoms with E-state index in [0.29, 0.717) is 18.4 Å². The Labute approximate surface area is 119 Å². The molecule has 0 fully saturated rings. The van der Waals surface area contributed by atoms with Gasteiger partial charge in [-0.05, 0) is 18.2 Å². The van der Waals surface area contributed by atoms with Crippen LogP contribution in [0, 0.1) is 0 Å². The van der Waals surface area contributed by atoms with Crippen LogP contribution in [0.5, 0.6) is 11.5 Å². The van der Waals surface area contributed by atoms with Crippen molar-refractivity contribution < 1.29 is 9.47 Å². The molecule has 1 aromatic rings. The Morgan fingerprint density at radius 3 is 2.61 bits per heavy atom. The fraction of sp³-hybridized carbons (Fsp3) is 0.273. The van der Waals surface area contributed by atoms with Crippen LogP contribution in [0.1, 0.15) is 5.56 Å². The van der Waals surface area contributed by atoms with Gasteiger partial charge >= 0.3 is 0 Å². The summed E-state index contributed by atoms with van der Waals surface area (Å²) >= 11 is 1.48. The Kier molecular flexibility index (Phi) is 4.13. The van der Waals surface area contributed by atoms with Crippen molar-refractivity contribution in [1.82, 2.24) is 0 Å². The van der Waals surface area contributed by atoms with Gasteiger partial charge in [-0.25, -0.2) is 0 Å². The second kappa shape index (κ2) is 5.62. The maximum Gasteiger partial charge on any atom is 0.180 e. The number of hydrogen-bond acceptors (Lipinski definition) is 6. The molecular formula is C11H12BrN3O2S. The number of halogens is 1. The van der Waals surface area contributed by atoms with Gasteiger partial charge in [0.15, 0.2) is 16.7 Å². The summed E-state index contributed by atoms with van der Waals surface area (Å²) in [7, 11) is 0. The lowest BCUT2D eigenvalue weighted by atomic mass is 10.1. The Balaban J connectivity index is 0.00000120. The minimum absolute atomic E-state index is 0. The van der Waals surface area contributed by atoms with Crippen LogP contribution in [0.4, 0.5) is 0 Å². The van der Waals surface area contributed by atoms with Gasteiger partial charge in [-0.1, -0.05) is 11.8 Å². The minimum atomic E-state index is 0. The largest absolute Gasteiger partial charge is 0.486 e. The number of thioether (sulfide) groups is 1. The lowest BCUT2D eigenvalue weighted by molar-refractivity contribution is 0.171. The van der Waals surface area contributed by atoms with Crippen molar-refractivity contribution in [3.8, 4) is 11.5 Å². The zero-order valence-electron chi connectivity index (χ0n) is 9.46. The second-order valence-corrected chi connectivity index (χ2v) is 4.63. The molecule has 5 nitrogen and oxygen atoms in total. The van der Waals surface area contributed by atoms with Crippen LogP contribution in [0.15, 0.2) is 28.4 Å². The molecule has 0 saturated heterocycles. The maximum absolute atomic E-state index is 5.55. The summed E-state index contributed by atoms with van der Waals surface area (Å²) in [5.41, 5.74) is 7.45. The number of rotatable bonds is 1. The molecule has 0 aromatic heterocycles. The zero-order chi connectivity index (χ0) is 11.7. The molecule has 0 saturated carbocycles. The number of ether oxygens (including phenoxy) is 2. The Morgan fingerprint density at radius 2 is 1.89 bits per heavy atom. The number of amidine groups is 1. The van der Waals surface area contributed by atoms with E-state index in [4.69, 9.17) is 15.2 Å². The molecule has 0 radical (unpaired) electrons. The molecule has 0 atom stereocenters. The molecule has 0 spiro atoms. The normalized spacial score (nSPS) is 17.3. The van der Waals surface area contributed by atoms with Crippen molar-refractivity contribution in [2.45, 2.75) is 0 Å². The van der Waals surface area contributed by atoms with Gasteiger partial charge in [0.05, 0.1) is 5.71 Å². The smallest absolute Gasteiger partial charge is 0.180 e. The molecule has 2 heterocycles. The van der Waals surface area contributed by atoms with E-state index in [0.717, 1.165) is 28.5 Å². The highest BCUT2D eigenvalue weighted by molar-refractivity contribution is 8.93. The van der Waals surface area contributed by atoms with Gasteiger partial charge in [0.2, 0.25) is 0 Å². The Hall–Kier alpha value is -1.21. The van der Waals surface area contributed by atoms with E-state index in [2.05, 4.69) is 10.2 Å². The van der Waals surface area contributed by atoms with Crippen LogP contribution >= 0.6 is 28.7 Å². The van der Waals surface area contributed by atoms with Crippen LogP contribution in [0.2, 0.25) is 0 Å². The molecular weight excluding hydrogens is 318 g/mol. The third-order valence-electron chi connectivity index (χ3n) is 2.50. The van der Waals surface area contributed by atoms with Gasteiger partial charge in [0, 0.05) is 11.3 Å². The predicted molar refractivity (Wildman–Crippen MR) is 78.4 cm³/mol. The summed E-state index contributed by atoms with van der Waals surface area (Å²) < 4.78 is 11.0. The molecule has 7 heteroatoms. The van der Waals surface area contributed by atoms with Gasteiger partial charge in [0.25, 0.3) is 0 Å². The van der Waals surface area contributed by atoms with Crippen molar-refractivity contribution >= 4 is 39.6 Å². The highest BCUT2D eigenvalue weighted by atomic mass is 79.9. The van der Waals surface area contributed by atoms with Crippen LogP contribution in [-0.4, -0.2) is 29.8 Å². The lowest BCUT2D eigenvalue weighted by Crippen LogP contribution is -2.18. The molecule has 1 aromatic carbocycles. The molecule has 3 rings (SSSR count). The summed E-state index contributed by atoms with van der Waals surface area (Å²) in [4.78, 5) is 0. The van der Waals surface area contributed by atoms with E-state index in [-0.39, 0.29) is 17.0 Å². The van der Waals surface area contributed by atoms with Crippen LogP contribution in [0.3, 0.4) is 0 Å². The predicted octanol–water partition coefficient (Wildman–Crippen LogP) is 1.80. The van der Waals surface area contributed by atoms with Crippen LogP contribution in [-0.2, 0) is 0 Å². The van der Waals surface area contributed by atoms with Crippen molar-refractivity contribution in [1.29, 1.82) is 0 Å². The Morgan fingerprint density at radius 1 is 1.11 bits per heavy atom. The first-order chi connectivity index (χ1) is 8.33. The van der Waals surface area contributed by atoms with Crippen molar-refractivity contribution in [2.24, 2.45) is 15.9 Å². The quantitative estimate of drug-likeness (QED) is 0.852.